The van der Waals surface area contributed by atoms with Crippen molar-refractivity contribution >= 4 is 22.6 Å². The normalized spacial score (nSPS) is 12.6. The van der Waals surface area contributed by atoms with Crippen LogP contribution in [0.15, 0.2) is 33.8 Å². The first-order valence-electron chi connectivity index (χ1n) is 9.18. The van der Waals surface area contributed by atoms with Crippen LogP contribution in [0.1, 0.15) is 32.2 Å². The second kappa shape index (κ2) is 7.76. The lowest BCUT2D eigenvalue weighted by Gasteiger charge is -2.15. The van der Waals surface area contributed by atoms with Crippen LogP contribution in [0.5, 0.6) is 0 Å². The monoisotopic (exact) mass is 414 g/mol. The molecule has 4 rings (SSSR count). The van der Waals surface area contributed by atoms with E-state index in [1.165, 1.54) is 0 Å². The first-order chi connectivity index (χ1) is 14.0. The van der Waals surface area contributed by atoms with E-state index in [2.05, 4.69) is 19.6 Å². The molecule has 4 heterocycles. The van der Waals surface area contributed by atoms with Crippen molar-refractivity contribution in [1.82, 2.24) is 29.7 Å². The van der Waals surface area contributed by atoms with Crippen LogP contribution in [0.3, 0.4) is 0 Å². The van der Waals surface area contributed by atoms with Crippen molar-refractivity contribution < 1.29 is 9.26 Å². The molecule has 0 aromatic carbocycles. The summed E-state index contributed by atoms with van der Waals surface area (Å²) in [4.78, 5) is 27.6. The van der Waals surface area contributed by atoms with Crippen LogP contribution in [0.2, 0.25) is 5.02 Å². The quantitative estimate of drug-likeness (QED) is 0.513. The summed E-state index contributed by atoms with van der Waals surface area (Å²) in [6, 6.07) is 3.53. The summed E-state index contributed by atoms with van der Waals surface area (Å²) in [5.41, 5.74) is 3.24. The number of halogens is 1. The molecule has 29 heavy (non-hydrogen) atoms. The largest absolute Gasteiger partial charge is 0.439 e. The predicted octanol–water partition coefficient (Wildman–Crippen LogP) is 3.51. The highest BCUT2D eigenvalue weighted by atomic mass is 35.5. The Morgan fingerprint density at radius 1 is 1.28 bits per heavy atom. The topological polar surface area (TPSA) is 112 Å². The summed E-state index contributed by atoms with van der Waals surface area (Å²) in [5.74, 6) is 0.349. The molecule has 4 aromatic heterocycles. The molecular formula is C19H19ClN6O3. The van der Waals surface area contributed by atoms with Crippen molar-refractivity contribution in [1.29, 1.82) is 0 Å². The van der Waals surface area contributed by atoms with Gasteiger partial charge in [-0.05, 0) is 25.5 Å². The zero-order valence-corrected chi connectivity index (χ0v) is 16.9. The van der Waals surface area contributed by atoms with Gasteiger partial charge >= 0.3 is 5.76 Å². The lowest BCUT2D eigenvalue weighted by molar-refractivity contribution is 0.0519. The van der Waals surface area contributed by atoms with Crippen LogP contribution in [0.4, 0.5) is 0 Å². The Morgan fingerprint density at radius 2 is 2.10 bits per heavy atom. The lowest BCUT2D eigenvalue weighted by Crippen LogP contribution is -2.09. The highest BCUT2D eigenvalue weighted by molar-refractivity contribution is 6.30. The number of fused-ring (bicyclic) bond motifs is 1. The van der Waals surface area contributed by atoms with Crippen molar-refractivity contribution in [3.63, 3.8) is 0 Å². The SMILES string of the molecule is CCOC(CC)c1nc2cc(-c3noc(=O)[nH]3)nc(-c3cncc(Cl)c3)c2n1C. The molecule has 0 aliphatic heterocycles. The van der Waals surface area contributed by atoms with E-state index in [9.17, 15) is 4.79 Å². The minimum Gasteiger partial charge on any atom is -0.371 e. The van der Waals surface area contributed by atoms with Crippen LogP contribution in [-0.4, -0.2) is 36.3 Å². The number of H-pyrrole nitrogens is 1. The van der Waals surface area contributed by atoms with E-state index in [0.29, 0.717) is 34.1 Å². The maximum atomic E-state index is 11.4. The molecule has 0 aliphatic rings. The molecule has 0 saturated carbocycles. The summed E-state index contributed by atoms with van der Waals surface area (Å²) >= 11 is 6.16. The summed E-state index contributed by atoms with van der Waals surface area (Å²) in [7, 11) is 1.92. The van der Waals surface area contributed by atoms with E-state index in [1.807, 2.05) is 25.5 Å². The van der Waals surface area contributed by atoms with Crippen LogP contribution >= 0.6 is 11.6 Å². The fourth-order valence-corrected chi connectivity index (χ4v) is 3.50. The van der Waals surface area contributed by atoms with Gasteiger partial charge < -0.3 is 9.30 Å². The third-order valence-corrected chi connectivity index (χ3v) is 4.78. The second-order valence-electron chi connectivity index (χ2n) is 6.44. The van der Waals surface area contributed by atoms with E-state index in [1.54, 1.807) is 24.5 Å². The predicted molar refractivity (Wildman–Crippen MR) is 108 cm³/mol. The van der Waals surface area contributed by atoms with Gasteiger partial charge in [-0.3, -0.25) is 14.5 Å². The third kappa shape index (κ3) is 3.54. The van der Waals surface area contributed by atoms with E-state index in [4.69, 9.17) is 26.3 Å². The molecule has 4 aromatic rings. The average Bonchev–Trinajstić information content (AvgIpc) is 3.29. The number of nitrogens with zero attached hydrogens (tertiary/aromatic N) is 5. The van der Waals surface area contributed by atoms with Crippen molar-refractivity contribution in [3.05, 3.63) is 45.9 Å². The van der Waals surface area contributed by atoms with Crippen LogP contribution in [0, 0.1) is 0 Å². The number of pyridine rings is 2. The fourth-order valence-electron chi connectivity index (χ4n) is 3.32. The van der Waals surface area contributed by atoms with Gasteiger partial charge in [0.25, 0.3) is 0 Å². The second-order valence-corrected chi connectivity index (χ2v) is 6.88. The van der Waals surface area contributed by atoms with Gasteiger partial charge in [0.1, 0.15) is 17.6 Å². The van der Waals surface area contributed by atoms with Gasteiger partial charge in [0, 0.05) is 31.6 Å². The van der Waals surface area contributed by atoms with Gasteiger partial charge in [-0.25, -0.2) is 14.8 Å². The standard InChI is InChI=1S/C19H19ClN6O3/c1-4-14(28-5-2)18-23-12-7-13(17-24-19(27)29-25-17)22-15(16(12)26(18)3)10-6-11(20)9-21-8-10/h6-9,14H,4-5H2,1-3H3,(H,24,25,27). The number of imidazole rings is 1. The summed E-state index contributed by atoms with van der Waals surface area (Å²) in [6.07, 6.45) is 3.85. The molecule has 9 nitrogen and oxygen atoms in total. The highest BCUT2D eigenvalue weighted by Crippen LogP contribution is 2.33. The Hall–Kier alpha value is -3.04. The van der Waals surface area contributed by atoms with Crippen molar-refractivity contribution in [2.45, 2.75) is 26.4 Å². The van der Waals surface area contributed by atoms with Crippen molar-refractivity contribution in [2.75, 3.05) is 6.61 Å². The van der Waals surface area contributed by atoms with E-state index < -0.39 is 5.76 Å². The molecule has 1 unspecified atom stereocenters. The van der Waals surface area contributed by atoms with Gasteiger partial charge in [0.05, 0.1) is 21.7 Å². The maximum Gasteiger partial charge on any atom is 0.439 e. The Labute approximate surface area is 170 Å². The molecule has 1 atom stereocenters. The van der Waals surface area contributed by atoms with Crippen molar-refractivity contribution in [2.24, 2.45) is 7.05 Å². The molecule has 10 heteroatoms. The number of hydrogen-bond acceptors (Lipinski definition) is 7. The van der Waals surface area contributed by atoms with Crippen LogP contribution in [-0.2, 0) is 11.8 Å². The molecule has 150 valence electrons. The number of rotatable bonds is 6. The molecule has 0 aliphatic carbocycles. The molecule has 0 saturated heterocycles. The van der Waals surface area contributed by atoms with Gasteiger partial charge in [0.2, 0.25) is 5.82 Å². The number of aromatic amines is 1. The lowest BCUT2D eigenvalue weighted by atomic mass is 10.1. The third-order valence-electron chi connectivity index (χ3n) is 4.57. The molecule has 0 spiro atoms. The first-order valence-corrected chi connectivity index (χ1v) is 9.55. The summed E-state index contributed by atoms with van der Waals surface area (Å²) < 4.78 is 12.5. The van der Waals surface area contributed by atoms with E-state index in [0.717, 1.165) is 17.8 Å². The Kier molecular flexibility index (Phi) is 5.16. The van der Waals surface area contributed by atoms with Gasteiger partial charge in [-0.1, -0.05) is 23.7 Å². The minimum absolute atomic E-state index is 0.155. The Balaban J connectivity index is 2.01. The van der Waals surface area contributed by atoms with Crippen LogP contribution < -0.4 is 5.76 Å². The Bertz CT molecular complexity index is 1230. The van der Waals surface area contributed by atoms with Crippen LogP contribution in [0.25, 0.3) is 33.8 Å². The molecule has 0 fully saturated rings. The number of aromatic nitrogens is 6. The van der Waals surface area contributed by atoms with Gasteiger partial charge in [0.15, 0.2) is 0 Å². The van der Waals surface area contributed by atoms with Gasteiger partial charge in [-0.15, -0.1) is 0 Å². The van der Waals surface area contributed by atoms with Gasteiger partial charge in [-0.2, -0.15) is 0 Å². The Morgan fingerprint density at radius 3 is 2.76 bits per heavy atom. The molecule has 1 N–H and O–H groups in total. The molecule has 0 bridgehead atoms. The van der Waals surface area contributed by atoms with E-state index in [-0.39, 0.29) is 11.9 Å². The molecule has 0 amide bonds. The number of hydrogen-bond donors (Lipinski definition) is 1. The molecule has 0 radical (unpaired) electrons. The summed E-state index contributed by atoms with van der Waals surface area (Å²) in [6.45, 7) is 4.58. The zero-order chi connectivity index (χ0) is 20.5. The fraction of sp³-hybridized carbons (Fsp3) is 0.316. The average molecular weight is 415 g/mol. The molecular weight excluding hydrogens is 396 g/mol. The highest BCUT2D eigenvalue weighted by Gasteiger charge is 2.22. The smallest absolute Gasteiger partial charge is 0.371 e. The maximum absolute atomic E-state index is 11.4. The number of nitrogens with one attached hydrogen (secondary N) is 1. The van der Waals surface area contributed by atoms with E-state index >= 15 is 0 Å². The first kappa shape index (κ1) is 19.3. The zero-order valence-electron chi connectivity index (χ0n) is 16.1. The number of ether oxygens (including phenoxy) is 1. The van der Waals surface area contributed by atoms with Crippen molar-refractivity contribution in [3.8, 4) is 22.8 Å². The number of aryl methyl sites for hydroxylation is 1. The summed E-state index contributed by atoms with van der Waals surface area (Å²) in [5, 5.41) is 4.24. The minimum atomic E-state index is -0.656.